The molecule has 1 aromatic heterocycles. The second-order valence-electron chi connectivity index (χ2n) is 4.21. The number of aromatic nitrogens is 4. The monoisotopic (exact) mass is 285 g/mol. The van der Waals surface area contributed by atoms with Gasteiger partial charge in [0.15, 0.2) is 0 Å². The molecular formula is C13H15N7O. The first-order valence-corrected chi connectivity index (χ1v) is 6.23. The highest BCUT2D eigenvalue weighted by Crippen LogP contribution is 2.00. The van der Waals surface area contributed by atoms with E-state index in [0.29, 0.717) is 5.71 Å². The standard InChI is InChI=1S/C13H15N7O/c1-10(7-8-11-5-3-2-4-6-11)15-16-12(21)9-20-18-13(14)17-19-20/h2-8H,9H2,1H3,(H2,14,18)(H,16,21)/b8-7+,15-10?. The van der Waals surface area contributed by atoms with Crippen LogP contribution in [0, 0.1) is 0 Å². The number of carbonyl (C=O) groups is 1. The maximum absolute atomic E-state index is 11.6. The fourth-order valence-electron chi connectivity index (χ4n) is 1.46. The molecule has 0 spiro atoms. The van der Waals surface area contributed by atoms with Gasteiger partial charge < -0.3 is 5.73 Å². The molecule has 0 unspecified atom stereocenters. The number of tetrazole rings is 1. The Morgan fingerprint density at radius 3 is 2.86 bits per heavy atom. The van der Waals surface area contributed by atoms with Gasteiger partial charge in [-0.15, -0.1) is 5.10 Å². The van der Waals surface area contributed by atoms with E-state index in [2.05, 4.69) is 25.9 Å². The maximum atomic E-state index is 11.6. The smallest absolute Gasteiger partial charge is 0.263 e. The number of nitrogens with one attached hydrogen (secondary N) is 1. The Morgan fingerprint density at radius 1 is 1.43 bits per heavy atom. The molecule has 0 radical (unpaired) electrons. The van der Waals surface area contributed by atoms with E-state index in [4.69, 9.17) is 5.73 Å². The van der Waals surface area contributed by atoms with Crippen LogP contribution in [0.4, 0.5) is 5.95 Å². The van der Waals surface area contributed by atoms with Crippen molar-refractivity contribution in [2.75, 3.05) is 5.73 Å². The molecule has 0 aliphatic rings. The number of hydrogen-bond acceptors (Lipinski definition) is 6. The summed E-state index contributed by atoms with van der Waals surface area (Å²) in [5.41, 5.74) is 9.42. The van der Waals surface area contributed by atoms with Gasteiger partial charge in [-0.2, -0.15) is 9.90 Å². The number of nitrogen functional groups attached to an aromatic ring is 1. The van der Waals surface area contributed by atoms with Gasteiger partial charge in [0.25, 0.3) is 11.9 Å². The van der Waals surface area contributed by atoms with E-state index in [1.54, 1.807) is 13.0 Å². The van der Waals surface area contributed by atoms with Crippen LogP contribution in [0.25, 0.3) is 6.08 Å². The normalized spacial score (nSPS) is 11.8. The van der Waals surface area contributed by atoms with Gasteiger partial charge in [-0.25, -0.2) is 5.43 Å². The van der Waals surface area contributed by atoms with Crippen LogP contribution in [0.5, 0.6) is 0 Å². The van der Waals surface area contributed by atoms with E-state index in [9.17, 15) is 4.79 Å². The Bertz CT molecular complexity index is 660. The zero-order valence-corrected chi connectivity index (χ0v) is 11.5. The van der Waals surface area contributed by atoms with Crippen LogP contribution in [-0.2, 0) is 11.3 Å². The molecule has 0 bridgehead atoms. The van der Waals surface area contributed by atoms with Crippen LogP contribution in [0.2, 0.25) is 0 Å². The van der Waals surface area contributed by atoms with Gasteiger partial charge in [0.2, 0.25) is 0 Å². The molecule has 1 aromatic carbocycles. The summed E-state index contributed by atoms with van der Waals surface area (Å²) in [4.78, 5) is 12.7. The van der Waals surface area contributed by atoms with Crippen LogP contribution < -0.4 is 11.2 Å². The molecule has 21 heavy (non-hydrogen) atoms. The topological polar surface area (TPSA) is 111 Å². The summed E-state index contributed by atoms with van der Waals surface area (Å²) in [5, 5.41) is 14.7. The highest BCUT2D eigenvalue weighted by molar-refractivity contribution is 5.96. The highest BCUT2D eigenvalue weighted by atomic mass is 16.2. The minimum atomic E-state index is -0.361. The Balaban J connectivity index is 1.85. The van der Waals surface area contributed by atoms with Crippen molar-refractivity contribution in [3.63, 3.8) is 0 Å². The molecule has 8 nitrogen and oxygen atoms in total. The molecule has 1 heterocycles. The van der Waals surface area contributed by atoms with Crippen molar-refractivity contribution in [2.45, 2.75) is 13.5 Å². The summed E-state index contributed by atoms with van der Waals surface area (Å²) in [6.07, 6.45) is 3.71. The molecule has 0 atom stereocenters. The number of anilines is 1. The average Bonchev–Trinajstić information content (AvgIpc) is 2.89. The van der Waals surface area contributed by atoms with E-state index >= 15 is 0 Å². The zero-order chi connectivity index (χ0) is 15.1. The van der Waals surface area contributed by atoms with Crippen molar-refractivity contribution < 1.29 is 4.79 Å². The van der Waals surface area contributed by atoms with E-state index in [-0.39, 0.29) is 18.4 Å². The van der Waals surface area contributed by atoms with Gasteiger partial charge in [-0.1, -0.05) is 41.5 Å². The Hall–Kier alpha value is -3.03. The van der Waals surface area contributed by atoms with Crippen LogP contribution in [-0.4, -0.2) is 31.8 Å². The number of nitrogens with zero attached hydrogens (tertiary/aromatic N) is 5. The summed E-state index contributed by atoms with van der Waals surface area (Å²) in [5.74, 6) is -0.340. The predicted molar refractivity (Wildman–Crippen MR) is 79.0 cm³/mol. The molecule has 2 rings (SSSR count). The molecule has 108 valence electrons. The number of rotatable bonds is 5. The number of nitrogens with two attached hydrogens (primary N) is 1. The number of allylic oxidation sites excluding steroid dienone is 1. The number of hydrogen-bond donors (Lipinski definition) is 2. The number of amides is 1. The minimum Gasteiger partial charge on any atom is -0.365 e. The van der Waals surface area contributed by atoms with Crippen molar-refractivity contribution in [3.05, 3.63) is 42.0 Å². The third kappa shape index (κ3) is 4.86. The predicted octanol–water partition coefficient (Wildman–Crippen LogP) is 0.461. The Morgan fingerprint density at radius 2 is 2.19 bits per heavy atom. The van der Waals surface area contributed by atoms with Crippen LogP contribution in [0.1, 0.15) is 12.5 Å². The van der Waals surface area contributed by atoms with Crippen molar-refractivity contribution in [1.82, 2.24) is 25.6 Å². The van der Waals surface area contributed by atoms with Crippen molar-refractivity contribution in [1.29, 1.82) is 0 Å². The molecule has 3 N–H and O–H groups in total. The second-order valence-corrected chi connectivity index (χ2v) is 4.21. The van der Waals surface area contributed by atoms with Gasteiger partial charge >= 0.3 is 0 Å². The SMILES string of the molecule is CC(/C=C/c1ccccc1)=NNC(=O)Cn1nnc(N)n1. The van der Waals surface area contributed by atoms with Gasteiger partial charge in [-0.3, -0.25) is 4.79 Å². The zero-order valence-electron chi connectivity index (χ0n) is 11.5. The molecule has 8 heteroatoms. The fraction of sp³-hybridized carbons (Fsp3) is 0.154. The van der Waals surface area contributed by atoms with E-state index in [0.717, 1.165) is 10.4 Å². The Kier molecular flexibility index (Phi) is 4.75. The molecule has 0 fully saturated rings. The van der Waals surface area contributed by atoms with Gasteiger partial charge in [0, 0.05) is 0 Å². The first kappa shape index (κ1) is 14.4. The molecule has 0 saturated carbocycles. The van der Waals surface area contributed by atoms with Crippen LogP contribution in [0.15, 0.2) is 41.5 Å². The largest absolute Gasteiger partial charge is 0.365 e. The highest BCUT2D eigenvalue weighted by Gasteiger charge is 2.04. The van der Waals surface area contributed by atoms with Crippen molar-refractivity contribution in [3.8, 4) is 0 Å². The molecular weight excluding hydrogens is 270 g/mol. The lowest BCUT2D eigenvalue weighted by Gasteiger charge is -1.99. The number of carbonyl (C=O) groups excluding carboxylic acids is 1. The Labute approximate surface area is 121 Å². The third-order valence-corrected chi connectivity index (χ3v) is 2.43. The lowest BCUT2D eigenvalue weighted by molar-refractivity contribution is -0.122. The molecule has 1 amide bonds. The lowest BCUT2D eigenvalue weighted by atomic mass is 10.2. The summed E-state index contributed by atoms with van der Waals surface area (Å²) >= 11 is 0. The van der Waals surface area contributed by atoms with Gasteiger partial charge in [-0.05, 0) is 23.8 Å². The van der Waals surface area contributed by atoms with E-state index in [1.807, 2.05) is 36.4 Å². The quantitative estimate of drug-likeness (QED) is 0.612. The van der Waals surface area contributed by atoms with Crippen molar-refractivity contribution in [2.24, 2.45) is 5.10 Å². The third-order valence-electron chi connectivity index (χ3n) is 2.43. The lowest BCUT2D eigenvalue weighted by Crippen LogP contribution is -2.25. The minimum absolute atomic E-state index is 0.0216. The van der Waals surface area contributed by atoms with Crippen LogP contribution >= 0.6 is 0 Å². The molecule has 2 aromatic rings. The summed E-state index contributed by atoms with van der Waals surface area (Å²) in [6, 6.07) is 9.80. The summed E-state index contributed by atoms with van der Waals surface area (Å²) < 4.78 is 0. The molecule has 0 saturated heterocycles. The van der Waals surface area contributed by atoms with E-state index in [1.165, 1.54) is 0 Å². The first-order valence-electron chi connectivity index (χ1n) is 6.23. The van der Waals surface area contributed by atoms with Gasteiger partial charge in [0.1, 0.15) is 6.54 Å². The molecule has 0 aliphatic heterocycles. The van der Waals surface area contributed by atoms with Gasteiger partial charge in [0.05, 0.1) is 5.71 Å². The number of hydrazone groups is 1. The van der Waals surface area contributed by atoms with Crippen LogP contribution in [0.3, 0.4) is 0 Å². The second kappa shape index (κ2) is 6.94. The first-order chi connectivity index (χ1) is 10.1. The molecule has 0 aliphatic carbocycles. The maximum Gasteiger partial charge on any atom is 0.263 e. The average molecular weight is 285 g/mol. The number of benzene rings is 1. The summed E-state index contributed by atoms with van der Waals surface area (Å²) in [6.45, 7) is 1.69. The van der Waals surface area contributed by atoms with Crippen molar-refractivity contribution >= 4 is 23.6 Å². The van der Waals surface area contributed by atoms with E-state index < -0.39 is 0 Å². The summed E-state index contributed by atoms with van der Waals surface area (Å²) in [7, 11) is 0. The fourth-order valence-corrected chi connectivity index (χ4v) is 1.46.